The molecule has 0 aliphatic carbocycles. The molecule has 162 valence electrons. The minimum atomic E-state index is -0.0124. The number of hydrogen-bond acceptors (Lipinski definition) is 5. The largest absolute Gasteiger partial charge is 0.351 e. The van der Waals surface area contributed by atoms with E-state index in [1.54, 1.807) is 0 Å². The van der Waals surface area contributed by atoms with Gasteiger partial charge in [0.15, 0.2) is 0 Å². The van der Waals surface area contributed by atoms with Gasteiger partial charge in [-0.05, 0) is 55.8 Å². The summed E-state index contributed by atoms with van der Waals surface area (Å²) in [4.78, 5) is 21.7. The van der Waals surface area contributed by atoms with Crippen molar-refractivity contribution in [1.82, 2.24) is 19.9 Å². The molecule has 1 unspecified atom stereocenters. The van der Waals surface area contributed by atoms with Crippen LogP contribution in [0.3, 0.4) is 0 Å². The molecule has 2 fully saturated rings. The summed E-state index contributed by atoms with van der Waals surface area (Å²) in [6.07, 6.45) is 6.22. The van der Waals surface area contributed by atoms with Crippen LogP contribution in [0.25, 0.3) is 10.9 Å². The van der Waals surface area contributed by atoms with Crippen LogP contribution in [0.5, 0.6) is 0 Å². The van der Waals surface area contributed by atoms with Crippen molar-refractivity contribution in [2.75, 3.05) is 26.2 Å². The fraction of sp³-hybridized carbons (Fsp3) is 0.480. The normalized spacial score (nSPS) is 20.9. The van der Waals surface area contributed by atoms with Gasteiger partial charge < -0.3 is 9.42 Å². The van der Waals surface area contributed by atoms with E-state index in [9.17, 15) is 4.79 Å². The molecule has 2 saturated heterocycles. The van der Waals surface area contributed by atoms with Gasteiger partial charge in [0.2, 0.25) is 5.76 Å². The molecule has 1 aromatic carbocycles. The summed E-state index contributed by atoms with van der Waals surface area (Å²) in [6, 6.07) is 12.3. The van der Waals surface area contributed by atoms with E-state index in [-0.39, 0.29) is 5.91 Å². The van der Waals surface area contributed by atoms with Crippen LogP contribution < -0.4 is 0 Å². The van der Waals surface area contributed by atoms with Crippen LogP contribution in [-0.2, 0) is 6.54 Å². The van der Waals surface area contributed by atoms with Crippen LogP contribution in [0.2, 0.25) is 0 Å². The van der Waals surface area contributed by atoms with Gasteiger partial charge in [0.05, 0.1) is 11.2 Å². The molecule has 1 amide bonds. The molecule has 31 heavy (non-hydrogen) atoms. The molecular weight excluding hydrogens is 388 g/mol. The Morgan fingerprint density at radius 3 is 2.84 bits per heavy atom. The minimum Gasteiger partial charge on any atom is -0.351 e. The van der Waals surface area contributed by atoms with Crippen molar-refractivity contribution in [1.29, 1.82) is 0 Å². The zero-order chi connectivity index (χ0) is 21.2. The SMILES string of the molecule is CC1CCN(C(=O)c2cc(C3CCCN(Cc4ccnc5ccccc45)C3)no2)CC1. The van der Waals surface area contributed by atoms with Crippen LogP contribution >= 0.6 is 0 Å². The number of pyridine rings is 1. The fourth-order valence-electron chi connectivity index (χ4n) is 4.92. The topological polar surface area (TPSA) is 62.5 Å². The number of para-hydroxylation sites is 1. The Bertz CT molecular complexity index is 1050. The number of piperidine rings is 2. The molecular formula is C25H30N4O2. The third-order valence-electron chi connectivity index (χ3n) is 6.87. The standard InChI is InChI=1S/C25H30N4O2/c1-18-9-13-29(14-10-18)25(30)24-15-23(27-31-24)20-5-4-12-28(17-20)16-19-8-11-26-22-7-3-2-6-21(19)22/h2-3,6-8,11,15,18,20H,4-5,9-10,12-14,16-17H2,1H3. The number of carbonyl (C=O) groups excluding carboxylic acids is 1. The molecule has 4 heterocycles. The van der Waals surface area contributed by atoms with Crippen LogP contribution in [0.1, 0.15) is 60.3 Å². The molecule has 0 saturated carbocycles. The van der Waals surface area contributed by atoms with Crippen molar-refractivity contribution >= 4 is 16.8 Å². The smallest absolute Gasteiger partial charge is 0.292 e. The van der Waals surface area contributed by atoms with Gasteiger partial charge in [-0.1, -0.05) is 30.3 Å². The summed E-state index contributed by atoms with van der Waals surface area (Å²) < 4.78 is 5.50. The van der Waals surface area contributed by atoms with E-state index in [4.69, 9.17) is 4.52 Å². The lowest BCUT2D eigenvalue weighted by Gasteiger charge is -2.32. The van der Waals surface area contributed by atoms with Gasteiger partial charge >= 0.3 is 0 Å². The Labute approximate surface area is 183 Å². The quantitative estimate of drug-likeness (QED) is 0.625. The summed E-state index contributed by atoms with van der Waals surface area (Å²) in [5, 5.41) is 5.52. The fourth-order valence-corrected chi connectivity index (χ4v) is 4.92. The molecule has 0 bridgehead atoms. The molecule has 0 radical (unpaired) electrons. The number of aromatic nitrogens is 2. The van der Waals surface area contributed by atoms with Gasteiger partial charge in [0.1, 0.15) is 0 Å². The number of likely N-dealkylation sites (tertiary alicyclic amines) is 2. The summed E-state index contributed by atoms with van der Waals surface area (Å²) in [5.74, 6) is 1.37. The molecule has 2 aliphatic heterocycles. The van der Waals surface area contributed by atoms with Crippen LogP contribution in [0.4, 0.5) is 0 Å². The molecule has 2 aromatic heterocycles. The lowest BCUT2D eigenvalue weighted by Crippen LogP contribution is -2.37. The zero-order valence-corrected chi connectivity index (χ0v) is 18.2. The number of hydrogen-bond donors (Lipinski definition) is 0. The molecule has 2 aliphatic rings. The molecule has 3 aromatic rings. The van der Waals surface area contributed by atoms with Crippen LogP contribution in [-0.4, -0.2) is 52.0 Å². The Morgan fingerprint density at radius 1 is 1.13 bits per heavy atom. The number of benzene rings is 1. The van der Waals surface area contributed by atoms with E-state index < -0.39 is 0 Å². The Kier molecular flexibility index (Phi) is 5.72. The number of nitrogens with zero attached hydrogens (tertiary/aromatic N) is 4. The summed E-state index contributed by atoms with van der Waals surface area (Å²) in [5.41, 5.74) is 3.26. The first-order valence-electron chi connectivity index (χ1n) is 11.5. The summed E-state index contributed by atoms with van der Waals surface area (Å²) in [6.45, 7) is 6.77. The third kappa shape index (κ3) is 4.35. The van der Waals surface area contributed by atoms with E-state index in [1.807, 2.05) is 23.2 Å². The van der Waals surface area contributed by atoms with Gasteiger partial charge in [-0.3, -0.25) is 14.7 Å². The first kappa shape index (κ1) is 20.2. The van der Waals surface area contributed by atoms with Crippen molar-refractivity contribution in [2.45, 2.75) is 45.1 Å². The number of carbonyl (C=O) groups is 1. The van der Waals surface area contributed by atoms with Crippen LogP contribution in [0, 0.1) is 5.92 Å². The number of amides is 1. The lowest BCUT2D eigenvalue weighted by atomic mass is 9.94. The minimum absolute atomic E-state index is 0.0124. The van der Waals surface area contributed by atoms with Gasteiger partial charge in [0, 0.05) is 49.7 Å². The molecule has 0 N–H and O–H groups in total. The van der Waals surface area contributed by atoms with Crippen LogP contribution in [0.15, 0.2) is 47.1 Å². The van der Waals surface area contributed by atoms with Crippen molar-refractivity contribution in [3.8, 4) is 0 Å². The Morgan fingerprint density at radius 2 is 1.97 bits per heavy atom. The van der Waals surface area contributed by atoms with E-state index in [0.717, 1.165) is 69.6 Å². The third-order valence-corrected chi connectivity index (χ3v) is 6.87. The maximum absolute atomic E-state index is 12.8. The number of fused-ring (bicyclic) bond motifs is 1. The second-order valence-corrected chi connectivity index (χ2v) is 9.15. The first-order valence-corrected chi connectivity index (χ1v) is 11.5. The van der Waals surface area contributed by atoms with Crippen molar-refractivity contribution in [2.24, 2.45) is 5.92 Å². The maximum Gasteiger partial charge on any atom is 0.292 e. The first-order chi connectivity index (χ1) is 15.2. The highest BCUT2D eigenvalue weighted by molar-refractivity contribution is 5.91. The summed E-state index contributed by atoms with van der Waals surface area (Å²) in [7, 11) is 0. The second-order valence-electron chi connectivity index (χ2n) is 9.15. The van der Waals surface area contributed by atoms with Gasteiger partial charge in [0.25, 0.3) is 5.91 Å². The highest BCUT2D eigenvalue weighted by atomic mass is 16.5. The van der Waals surface area contributed by atoms with E-state index in [1.165, 1.54) is 10.9 Å². The second kappa shape index (κ2) is 8.79. The molecule has 5 rings (SSSR count). The van der Waals surface area contributed by atoms with Gasteiger partial charge in [-0.15, -0.1) is 0 Å². The zero-order valence-electron chi connectivity index (χ0n) is 18.2. The lowest BCUT2D eigenvalue weighted by molar-refractivity contribution is 0.0655. The van der Waals surface area contributed by atoms with Crippen molar-refractivity contribution < 1.29 is 9.32 Å². The molecule has 6 nitrogen and oxygen atoms in total. The molecule has 1 atom stereocenters. The number of rotatable bonds is 4. The van der Waals surface area contributed by atoms with E-state index >= 15 is 0 Å². The Hall–Kier alpha value is -2.73. The molecule has 0 spiro atoms. The van der Waals surface area contributed by atoms with E-state index in [0.29, 0.717) is 17.6 Å². The summed E-state index contributed by atoms with van der Waals surface area (Å²) >= 11 is 0. The monoisotopic (exact) mass is 418 g/mol. The molecule has 6 heteroatoms. The highest BCUT2D eigenvalue weighted by Gasteiger charge is 2.28. The maximum atomic E-state index is 12.8. The van der Waals surface area contributed by atoms with Crippen molar-refractivity contribution in [3.63, 3.8) is 0 Å². The van der Waals surface area contributed by atoms with Gasteiger partial charge in [-0.2, -0.15) is 0 Å². The van der Waals surface area contributed by atoms with Gasteiger partial charge in [-0.25, -0.2) is 0 Å². The Balaban J connectivity index is 1.26. The van der Waals surface area contributed by atoms with Crippen molar-refractivity contribution in [3.05, 3.63) is 59.6 Å². The average molecular weight is 419 g/mol. The van der Waals surface area contributed by atoms with E-state index in [2.05, 4.69) is 46.2 Å². The highest BCUT2D eigenvalue weighted by Crippen LogP contribution is 2.29. The predicted octanol–water partition coefficient (Wildman–Crippen LogP) is 4.47. The predicted molar refractivity (Wildman–Crippen MR) is 120 cm³/mol. The average Bonchev–Trinajstić information content (AvgIpc) is 3.30.